The van der Waals surface area contributed by atoms with Crippen LogP contribution in [0.2, 0.25) is 0 Å². The second-order valence-corrected chi connectivity index (χ2v) is 7.93. The Hall–Kier alpha value is -4.56. The Morgan fingerprint density at radius 3 is 2.59 bits per heavy atom. The monoisotopic (exact) mass is 448 g/mol. The summed E-state index contributed by atoms with van der Waals surface area (Å²) in [6.07, 6.45) is 11.3. The first-order valence-electron chi connectivity index (χ1n) is 10.9. The summed E-state index contributed by atoms with van der Waals surface area (Å²) < 4.78 is 19.2. The summed E-state index contributed by atoms with van der Waals surface area (Å²) >= 11 is 0. The van der Waals surface area contributed by atoms with Crippen molar-refractivity contribution in [3.63, 3.8) is 0 Å². The average molecular weight is 448 g/mol. The summed E-state index contributed by atoms with van der Waals surface area (Å²) in [4.78, 5) is 13.0. The number of nitrogens with zero attached hydrogens (tertiary/aromatic N) is 1. The first-order chi connectivity index (χ1) is 16.7. The van der Waals surface area contributed by atoms with Crippen LogP contribution < -0.4 is 14.9 Å². The summed E-state index contributed by atoms with van der Waals surface area (Å²) in [6.45, 7) is 0.641. The molecule has 1 aliphatic heterocycles. The Morgan fingerprint density at radius 2 is 1.76 bits per heavy atom. The second kappa shape index (κ2) is 9.51. The Morgan fingerprint density at radius 1 is 0.941 bits per heavy atom. The quantitative estimate of drug-likeness (QED) is 0.278. The molecule has 5 heteroatoms. The van der Waals surface area contributed by atoms with E-state index in [0.717, 1.165) is 16.8 Å². The molecule has 0 spiro atoms. The molecule has 0 aliphatic carbocycles. The highest BCUT2D eigenvalue weighted by molar-refractivity contribution is 5.80. The average Bonchev–Trinajstić information content (AvgIpc) is 2.84. The molecule has 5 rings (SSSR count). The maximum absolute atomic E-state index is 13.0. The molecule has 4 aromatic rings. The molecule has 34 heavy (non-hydrogen) atoms. The van der Waals surface area contributed by atoms with E-state index in [4.69, 9.17) is 20.3 Å². The SMILES string of the molecule is C#CCOc1cccc(Cc2coc3cc(OCC4=C[N+](c5ccccc5)=C4)ccc3c2=O)c1. The van der Waals surface area contributed by atoms with Crippen molar-refractivity contribution in [2.24, 2.45) is 0 Å². The standard InChI is InChI=1S/C29H22NO4/c1-2-13-32-25-10-6-7-21(15-25)14-23-20-34-28-16-26(11-12-27(28)29(23)31)33-19-22-17-30(18-22)24-8-4-3-5-9-24/h1,3-12,15-18,20H,13-14,19H2/q+1. The number of terminal acetylenes is 1. The van der Waals surface area contributed by atoms with Crippen LogP contribution in [0.25, 0.3) is 11.0 Å². The molecule has 0 bridgehead atoms. The van der Waals surface area contributed by atoms with Crippen molar-refractivity contribution in [3.05, 3.63) is 112 Å². The number of para-hydroxylation sites is 1. The van der Waals surface area contributed by atoms with Gasteiger partial charge in [-0.25, -0.2) is 0 Å². The van der Waals surface area contributed by atoms with Gasteiger partial charge in [0, 0.05) is 30.2 Å². The molecule has 3 aromatic carbocycles. The van der Waals surface area contributed by atoms with Gasteiger partial charge >= 0.3 is 0 Å². The highest BCUT2D eigenvalue weighted by Crippen LogP contribution is 2.23. The van der Waals surface area contributed by atoms with E-state index >= 15 is 0 Å². The van der Waals surface area contributed by atoms with Crippen LogP contribution in [0.1, 0.15) is 11.1 Å². The number of benzene rings is 3. The molecule has 5 nitrogen and oxygen atoms in total. The lowest BCUT2D eigenvalue weighted by Gasteiger charge is -2.11. The zero-order valence-electron chi connectivity index (χ0n) is 18.4. The third kappa shape index (κ3) is 4.62. The van der Waals surface area contributed by atoms with Gasteiger partial charge in [-0.1, -0.05) is 36.3 Å². The van der Waals surface area contributed by atoms with Crippen LogP contribution in [0, 0.1) is 12.3 Å². The van der Waals surface area contributed by atoms with Gasteiger partial charge in [-0.15, -0.1) is 6.42 Å². The summed E-state index contributed by atoms with van der Waals surface area (Å²) in [7, 11) is 0. The van der Waals surface area contributed by atoms with Gasteiger partial charge in [0.1, 0.15) is 35.9 Å². The fourth-order valence-electron chi connectivity index (χ4n) is 3.79. The van der Waals surface area contributed by atoms with Crippen LogP contribution in [0.3, 0.4) is 0 Å². The molecule has 0 radical (unpaired) electrons. The summed E-state index contributed by atoms with van der Waals surface area (Å²) in [5.41, 5.74) is 4.14. The van der Waals surface area contributed by atoms with E-state index in [1.165, 1.54) is 6.26 Å². The van der Waals surface area contributed by atoms with Crippen molar-refractivity contribution < 1.29 is 18.5 Å². The van der Waals surface area contributed by atoms with Crippen molar-refractivity contribution in [1.29, 1.82) is 0 Å². The van der Waals surface area contributed by atoms with E-state index in [1.807, 2.05) is 67.0 Å². The van der Waals surface area contributed by atoms with E-state index < -0.39 is 0 Å². The van der Waals surface area contributed by atoms with E-state index in [1.54, 1.807) is 18.2 Å². The number of hydrogen-bond acceptors (Lipinski definition) is 4. The fourth-order valence-corrected chi connectivity index (χ4v) is 3.79. The van der Waals surface area contributed by atoms with Crippen molar-refractivity contribution in [3.8, 4) is 23.8 Å². The van der Waals surface area contributed by atoms with Crippen LogP contribution in [0.4, 0.5) is 5.69 Å². The molecular weight excluding hydrogens is 426 g/mol. The molecule has 1 aromatic heterocycles. The summed E-state index contributed by atoms with van der Waals surface area (Å²) in [5.74, 6) is 3.77. The second-order valence-electron chi connectivity index (χ2n) is 7.93. The Labute approximate surface area is 197 Å². The molecule has 0 unspecified atom stereocenters. The fraction of sp³-hybridized carbons (Fsp3) is 0.103. The minimum absolute atomic E-state index is 0.0590. The molecule has 0 saturated heterocycles. The highest BCUT2D eigenvalue weighted by Gasteiger charge is 2.19. The number of fused-ring (bicyclic) bond motifs is 1. The molecule has 2 heterocycles. The van der Waals surface area contributed by atoms with Crippen LogP contribution >= 0.6 is 0 Å². The Balaban J connectivity index is 1.26. The van der Waals surface area contributed by atoms with Gasteiger partial charge in [-0.3, -0.25) is 4.79 Å². The zero-order chi connectivity index (χ0) is 23.3. The van der Waals surface area contributed by atoms with Crippen molar-refractivity contribution >= 4 is 22.9 Å². The van der Waals surface area contributed by atoms with E-state index in [0.29, 0.717) is 41.1 Å². The molecule has 166 valence electrons. The molecule has 0 fully saturated rings. The summed E-state index contributed by atoms with van der Waals surface area (Å²) in [6, 6.07) is 22.9. The number of rotatable bonds is 8. The predicted octanol–water partition coefficient (Wildman–Crippen LogP) is 5.09. The van der Waals surface area contributed by atoms with E-state index in [2.05, 4.69) is 10.5 Å². The topological polar surface area (TPSA) is 51.7 Å². The lowest BCUT2D eigenvalue weighted by Crippen LogP contribution is -2.17. The zero-order valence-corrected chi connectivity index (χ0v) is 18.4. The van der Waals surface area contributed by atoms with Crippen LogP contribution in [-0.4, -0.2) is 24.0 Å². The summed E-state index contributed by atoms with van der Waals surface area (Å²) in [5, 5.41) is 0.522. The molecule has 1 aliphatic rings. The maximum Gasteiger partial charge on any atom is 0.210 e. The third-order valence-electron chi connectivity index (χ3n) is 5.50. The normalized spacial score (nSPS) is 12.3. The molecule has 0 N–H and O–H groups in total. The van der Waals surface area contributed by atoms with Crippen molar-refractivity contribution in [2.75, 3.05) is 13.2 Å². The highest BCUT2D eigenvalue weighted by atomic mass is 16.5. The molecule has 0 atom stereocenters. The minimum Gasteiger partial charge on any atom is -0.488 e. The van der Waals surface area contributed by atoms with Crippen molar-refractivity contribution in [1.82, 2.24) is 0 Å². The van der Waals surface area contributed by atoms with Crippen LogP contribution in [-0.2, 0) is 6.42 Å². The minimum atomic E-state index is -0.0590. The lowest BCUT2D eigenvalue weighted by atomic mass is 10.0. The Kier molecular flexibility index (Phi) is 5.96. The van der Waals surface area contributed by atoms with Gasteiger partial charge in [0.05, 0.1) is 11.6 Å². The smallest absolute Gasteiger partial charge is 0.210 e. The van der Waals surface area contributed by atoms with E-state index in [-0.39, 0.29) is 12.0 Å². The van der Waals surface area contributed by atoms with Gasteiger partial charge in [-0.2, -0.15) is 4.58 Å². The predicted molar refractivity (Wildman–Crippen MR) is 132 cm³/mol. The van der Waals surface area contributed by atoms with Crippen molar-refractivity contribution in [2.45, 2.75) is 6.42 Å². The largest absolute Gasteiger partial charge is 0.488 e. The lowest BCUT2D eigenvalue weighted by molar-refractivity contribution is -0.368. The van der Waals surface area contributed by atoms with Gasteiger partial charge in [-0.05, 0) is 29.8 Å². The first-order valence-corrected chi connectivity index (χ1v) is 10.9. The first kappa shape index (κ1) is 21.3. The van der Waals surface area contributed by atoms with Gasteiger partial charge in [0.25, 0.3) is 0 Å². The van der Waals surface area contributed by atoms with Gasteiger partial charge < -0.3 is 13.9 Å². The third-order valence-corrected chi connectivity index (χ3v) is 5.50. The van der Waals surface area contributed by atoms with Crippen LogP contribution in [0.15, 0.2) is 100 Å². The van der Waals surface area contributed by atoms with Crippen LogP contribution in [0.5, 0.6) is 11.5 Å². The molecule has 0 saturated carbocycles. The van der Waals surface area contributed by atoms with Gasteiger partial charge in [0.2, 0.25) is 5.69 Å². The number of ether oxygens (including phenoxy) is 2. The van der Waals surface area contributed by atoms with E-state index in [9.17, 15) is 4.79 Å². The molecular formula is C29H22NO4+. The molecule has 0 amide bonds. The Bertz CT molecular complexity index is 1510. The van der Waals surface area contributed by atoms with Gasteiger partial charge in [0.15, 0.2) is 17.8 Å². The number of hydrogen-bond donors (Lipinski definition) is 0. The maximum atomic E-state index is 13.0.